The molecule has 10 heteroatoms. The van der Waals surface area contributed by atoms with Crippen LogP contribution in [0.15, 0.2) is 58.1 Å². The van der Waals surface area contributed by atoms with Gasteiger partial charge in [0.2, 0.25) is 0 Å². The molecule has 148 valence electrons. The van der Waals surface area contributed by atoms with Gasteiger partial charge in [0.1, 0.15) is 29.5 Å². The van der Waals surface area contributed by atoms with Gasteiger partial charge in [-0.3, -0.25) is 9.48 Å². The molecule has 7 nitrogen and oxygen atoms in total. The van der Waals surface area contributed by atoms with E-state index in [9.17, 15) is 18.0 Å². The summed E-state index contributed by atoms with van der Waals surface area (Å²) in [5.74, 6) is -3.24. The fourth-order valence-corrected chi connectivity index (χ4v) is 2.90. The van der Waals surface area contributed by atoms with Crippen LogP contribution in [0.25, 0.3) is 11.3 Å². The molecule has 0 saturated heterocycles. The van der Waals surface area contributed by atoms with Crippen LogP contribution in [0.4, 0.5) is 18.9 Å². The number of benzene rings is 1. The van der Waals surface area contributed by atoms with Crippen LogP contribution in [0.5, 0.6) is 0 Å². The largest absolute Gasteiger partial charge is 0.464 e. The highest BCUT2D eigenvalue weighted by molar-refractivity contribution is 6.06. The molecule has 0 aliphatic heterocycles. The summed E-state index contributed by atoms with van der Waals surface area (Å²) in [7, 11) is 0. The van der Waals surface area contributed by atoms with E-state index in [1.165, 1.54) is 36.5 Å². The van der Waals surface area contributed by atoms with E-state index < -0.39 is 29.4 Å². The third-order valence-electron chi connectivity index (χ3n) is 4.29. The number of nitrogens with zero attached hydrogens (tertiary/aromatic N) is 3. The summed E-state index contributed by atoms with van der Waals surface area (Å²) in [4.78, 5) is 12.5. The predicted octanol–water partition coefficient (Wildman–Crippen LogP) is 4.41. The maximum atomic E-state index is 14.0. The fraction of sp³-hybridized carbons (Fsp3) is 0.105. The lowest BCUT2D eigenvalue weighted by Gasteiger charge is -2.14. The van der Waals surface area contributed by atoms with Crippen molar-refractivity contribution < 1.29 is 26.9 Å². The second kappa shape index (κ2) is 7.30. The Morgan fingerprint density at radius 1 is 1.24 bits per heavy atom. The SMILES string of the molecule is CC(c1c(F)cc(F)cc1F)n1cc(NC(=O)c2nocc2-c2ccco2)cn1. The first-order valence-electron chi connectivity index (χ1n) is 8.42. The van der Waals surface area contributed by atoms with Crippen LogP contribution >= 0.6 is 0 Å². The zero-order chi connectivity index (χ0) is 20.5. The molecule has 29 heavy (non-hydrogen) atoms. The van der Waals surface area contributed by atoms with Crippen molar-refractivity contribution in [3.8, 4) is 11.3 Å². The van der Waals surface area contributed by atoms with Gasteiger partial charge in [0.05, 0.1) is 29.8 Å². The average molecular weight is 402 g/mol. The van der Waals surface area contributed by atoms with Crippen molar-refractivity contribution in [3.05, 3.63) is 77.9 Å². The third-order valence-corrected chi connectivity index (χ3v) is 4.29. The minimum atomic E-state index is -1.03. The monoisotopic (exact) mass is 402 g/mol. The van der Waals surface area contributed by atoms with Crippen LogP contribution in [0.2, 0.25) is 0 Å². The van der Waals surface area contributed by atoms with Crippen LogP contribution in [-0.4, -0.2) is 20.8 Å². The third kappa shape index (κ3) is 3.51. The summed E-state index contributed by atoms with van der Waals surface area (Å²) in [5, 5.41) is 10.3. The zero-order valence-corrected chi connectivity index (χ0v) is 14.9. The maximum absolute atomic E-state index is 14.0. The molecule has 4 aromatic rings. The summed E-state index contributed by atoms with van der Waals surface area (Å²) in [5.41, 5.74) is 0.280. The first kappa shape index (κ1) is 18.5. The molecule has 3 heterocycles. The van der Waals surface area contributed by atoms with E-state index in [1.54, 1.807) is 12.1 Å². The van der Waals surface area contributed by atoms with E-state index in [1.807, 2.05) is 0 Å². The number of hydrogen-bond acceptors (Lipinski definition) is 5. The molecule has 4 rings (SSSR count). The van der Waals surface area contributed by atoms with Crippen LogP contribution in [-0.2, 0) is 0 Å². The standard InChI is InChI=1S/C19H13F3N4O3/c1-10(17-14(21)5-11(20)6-15(17)22)26-8-12(7-23-26)24-19(27)18-13(9-29-25-18)16-3-2-4-28-16/h2-10H,1H3,(H,24,27). The number of rotatable bonds is 5. The fourth-order valence-electron chi connectivity index (χ4n) is 2.90. The number of aromatic nitrogens is 3. The van der Waals surface area contributed by atoms with Crippen molar-refractivity contribution in [2.45, 2.75) is 13.0 Å². The number of carbonyl (C=O) groups excluding carboxylic acids is 1. The van der Waals surface area contributed by atoms with E-state index in [4.69, 9.17) is 8.94 Å². The second-order valence-corrected chi connectivity index (χ2v) is 6.18. The summed E-state index contributed by atoms with van der Waals surface area (Å²) < 4.78 is 52.5. The molecule has 0 aliphatic carbocycles. The van der Waals surface area contributed by atoms with Gasteiger partial charge in [0.25, 0.3) is 5.91 Å². The summed E-state index contributed by atoms with van der Waals surface area (Å²) in [6, 6.07) is 3.62. The lowest BCUT2D eigenvalue weighted by molar-refractivity contribution is 0.101. The molecule has 0 saturated carbocycles. The molecule has 0 bridgehead atoms. The smallest absolute Gasteiger partial charge is 0.278 e. The summed E-state index contributed by atoms with van der Waals surface area (Å²) in [6.07, 6.45) is 5.42. The van der Waals surface area contributed by atoms with Crippen LogP contribution < -0.4 is 5.32 Å². The van der Waals surface area contributed by atoms with Crippen molar-refractivity contribution in [3.63, 3.8) is 0 Å². The molecule has 3 aromatic heterocycles. The molecule has 1 aromatic carbocycles. The molecular formula is C19H13F3N4O3. The normalized spacial score (nSPS) is 12.1. The Morgan fingerprint density at radius 3 is 2.69 bits per heavy atom. The van der Waals surface area contributed by atoms with Gasteiger partial charge in [-0.2, -0.15) is 5.10 Å². The second-order valence-electron chi connectivity index (χ2n) is 6.18. The van der Waals surface area contributed by atoms with E-state index in [-0.39, 0.29) is 16.9 Å². The summed E-state index contributed by atoms with van der Waals surface area (Å²) in [6.45, 7) is 1.49. The van der Waals surface area contributed by atoms with Crippen molar-refractivity contribution >= 4 is 11.6 Å². The van der Waals surface area contributed by atoms with Crippen molar-refractivity contribution in [2.24, 2.45) is 0 Å². The molecule has 0 spiro atoms. The Kier molecular flexibility index (Phi) is 4.67. The number of amides is 1. The Bertz CT molecular complexity index is 1140. The molecule has 0 aliphatic rings. The number of nitrogens with one attached hydrogen (secondary N) is 1. The Labute approximate surface area is 161 Å². The van der Waals surface area contributed by atoms with E-state index in [2.05, 4.69) is 15.6 Å². The minimum Gasteiger partial charge on any atom is -0.464 e. The van der Waals surface area contributed by atoms with Crippen LogP contribution in [0.1, 0.15) is 29.0 Å². The Morgan fingerprint density at radius 2 is 2.00 bits per heavy atom. The van der Waals surface area contributed by atoms with Gasteiger partial charge in [-0.1, -0.05) is 5.16 Å². The molecule has 1 atom stereocenters. The van der Waals surface area contributed by atoms with Crippen molar-refractivity contribution in [1.29, 1.82) is 0 Å². The van der Waals surface area contributed by atoms with Crippen LogP contribution in [0, 0.1) is 17.5 Å². The molecule has 1 unspecified atom stereocenters. The van der Waals surface area contributed by atoms with Gasteiger partial charge in [-0.15, -0.1) is 0 Å². The number of halogens is 3. The quantitative estimate of drug-likeness (QED) is 0.534. The maximum Gasteiger partial charge on any atom is 0.278 e. The Balaban J connectivity index is 1.55. The lowest BCUT2D eigenvalue weighted by atomic mass is 10.1. The van der Waals surface area contributed by atoms with Gasteiger partial charge in [-0.25, -0.2) is 13.2 Å². The molecule has 1 amide bonds. The highest BCUT2D eigenvalue weighted by atomic mass is 19.1. The number of anilines is 1. The highest BCUT2D eigenvalue weighted by Gasteiger charge is 2.22. The highest BCUT2D eigenvalue weighted by Crippen LogP contribution is 2.27. The molecule has 0 radical (unpaired) electrons. The average Bonchev–Trinajstić information content (AvgIpc) is 3.41. The number of furan rings is 1. The summed E-state index contributed by atoms with van der Waals surface area (Å²) >= 11 is 0. The first-order valence-corrected chi connectivity index (χ1v) is 8.42. The van der Waals surface area contributed by atoms with Gasteiger partial charge < -0.3 is 14.3 Å². The minimum absolute atomic E-state index is 0.00336. The van der Waals surface area contributed by atoms with E-state index in [0.717, 1.165) is 0 Å². The van der Waals surface area contributed by atoms with Gasteiger partial charge in [-0.05, 0) is 19.1 Å². The van der Waals surface area contributed by atoms with Crippen molar-refractivity contribution in [2.75, 3.05) is 5.32 Å². The Hall–Kier alpha value is -3.82. The van der Waals surface area contributed by atoms with Gasteiger partial charge in [0, 0.05) is 23.9 Å². The van der Waals surface area contributed by atoms with Crippen LogP contribution in [0.3, 0.4) is 0 Å². The van der Waals surface area contributed by atoms with E-state index in [0.29, 0.717) is 23.5 Å². The first-order chi connectivity index (χ1) is 13.9. The topological polar surface area (TPSA) is 86.1 Å². The lowest BCUT2D eigenvalue weighted by Crippen LogP contribution is -2.14. The predicted molar refractivity (Wildman–Crippen MR) is 94.5 cm³/mol. The number of carbonyl (C=O) groups is 1. The van der Waals surface area contributed by atoms with Gasteiger partial charge in [0.15, 0.2) is 5.69 Å². The van der Waals surface area contributed by atoms with Gasteiger partial charge >= 0.3 is 0 Å². The molecule has 1 N–H and O–H groups in total. The van der Waals surface area contributed by atoms with Crippen molar-refractivity contribution in [1.82, 2.24) is 14.9 Å². The molecule has 0 fully saturated rings. The number of hydrogen-bond donors (Lipinski definition) is 1. The molecular weight excluding hydrogens is 389 g/mol. The van der Waals surface area contributed by atoms with E-state index >= 15 is 0 Å². The zero-order valence-electron chi connectivity index (χ0n) is 14.9.